The number of alkyl halides is 2. The van der Waals surface area contributed by atoms with E-state index in [0.29, 0.717) is 5.56 Å². The van der Waals surface area contributed by atoms with Gasteiger partial charge in [0.25, 0.3) is 6.43 Å². The molecule has 3 N–H and O–H groups in total. The molecule has 0 aliphatic carbocycles. The number of anilines is 1. The van der Waals surface area contributed by atoms with Crippen LogP contribution in [0, 0.1) is 11.3 Å². The summed E-state index contributed by atoms with van der Waals surface area (Å²) in [5, 5.41) is 16.7. The van der Waals surface area contributed by atoms with Crippen molar-refractivity contribution in [3.63, 3.8) is 0 Å². The van der Waals surface area contributed by atoms with Crippen molar-refractivity contribution < 1.29 is 31.5 Å². The van der Waals surface area contributed by atoms with Crippen molar-refractivity contribution in [3.05, 3.63) is 76.3 Å². The van der Waals surface area contributed by atoms with Crippen LogP contribution in [0.2, 0.25) is 5.02 Å². The van der Waals surface area contributed by atoms with Gasteiger partial charge in [-0.15, -0.1) is 0 Å². The first-order chi connectivity index (χ1) is 16.5. The summed E-state index contributed by atoms with van der Waals surface area (Å²) in [5.74, 6) is -0.0563. The van der Waals surface area contributed by atoms with Crippen molar-refractivity contribution in [2.45, 2.75) is 17.7 Å². The number of rotatable bonds is 8. The van der Waals surface area contributed by atoms with E-state index < -0.39 is 22.4 Å². The molecule has 0 aliphatic rings. The molecule has 0 unspecified atom stereocenters. The van der Waals surface area contributed by atoms with Crippen molar-refractivity contribution in [1.29, 1.82) is 5.26 Å². The van der Waals surface area contributed by atoms with Crippen LogP contribution in [0.15, 0.2) is 59.5 Å². The Morgan fingerprint density at radius 1 is 1.14 bits per heavy atom. The zero-order valence-corrected chi connectivity index (χ0v) is 19.7. The van der Waals surface area contributed by atoms with Gasteiger partial charge in [0.1, 0.15) is 5.75 Å². The molecule has 3 aromatic carbocycles. The number of nitriles is 1. The van der Waals surface area contributed by atoms with Gasteiger partial charge in [-0.2, -0.15) is 5.26 Å². The van der Waals surface area contributed by atoms with Crippen LogP contribution in [-0.4, -0.2) is 21.4 Å². The second kappa shape index (κ2) is 10.7. The van der Waals surface area contributed by atoms with E-state index in [1.165, 1.54) is 37.4 Å². The van der Waals surface area contributed by atoms with Crippen molar-refractivity contribution in [1.82, 2.24) is 0 Å². The van der Waals surface area contributed by atoms with Gasteiger partial charge in [-0.1, -0.05) is 17.7 Å². The monoisotopic (exact) mass is 521 g/mol. The molecule has 0 saturated heterocycles. The third-order valence-electron chi connectivity index (χ3n) is 4.67. The number of hydrogen-bond acceptors (Lipinski definition) is 6. The van der Waals surface area contributed by atoms with Crippen LogP contribution in [0.3, 0.4) is 0 Å². The molecule has 0 spiro atoms. The third kappa shape index (κ3) is 6.66. The molecule has 0 heterocycles. The molecule has 3 rings (SSSR count). The number of nitrogens with one attached hydrogen (secondary N) is 1. The summed E-state index contributed by atoms with van der Waals surface area (Å²) in [5.41, 5.74) is 0.291. The first kappa shape index (κ1) is 25.9. The molecule has 8 nitrogen and oxygen atoms in total. The van der Waals surface area contributed by atoms with Crippen molar-refractivity contribution >= 4 is 33.2 Å². The van der Waals surface area contributed by atoms with E-state index >= 15 is 0 Å². The molecular weight excluding hydrogens is 504 g/mol. The highest BCUT2D eigenvalue weighted by atomic mass is 35.5. The van der Waals surface area contributed by atoms with Crippen LogP contribution in [0.4, 0.5) is 14.5 Å². The fraction of sp³-hybridized carbons (Fsp3) is 0.130. The van der Waals surface area contributed by atoms with E-state index in [1.807, 2.05) is 0 Å². The molecule has 0 aliphatic heterocycles. The first-order valence-corrected chi connectivity index (χ1v) is 11.7. The highest BCUT2D eigenvalue weighted by Gasteiger charge is 2.16. The SMILES string of the molecule is COc1ccc(CC(=O)Nc2ccc(S(N)(=O)=O)cc2Cl)cc1Oc1cc(C#N)cc(C(F)F)c1. The van der Waals surface area contributed by atoms with Gasteiger partial charge in [-0.25, -0.2) is 22.3 Å². The number of carbonyl (C=O) groups excluding carboxylic acids is 1. The van der Waals surface area contributed by atoms with E-state index in [2.05, 4.69) is 5.32 Å². The maximum Gasteiger partial charge on any atom is 0.264 e. The first-order valence-electron chi connectivity index (χ1n) is 9.80. The Balaban J connectivity index is 1.81. The van der Waals surface area contributed by atoms with E-state index in [9.17, 15) is 22.0 Å². The molecule has 0 bridgehead atoms. The van der Waals surface area contributed by atoms with Gasteiger partial charge in [0, 0.05) is 5.56 Å². The zero-order chi connectivity index (χ0) is 25.8. The normalized spacial score (nSPS) is 11.1. The zero-order valence-electron chi connectivity index (χ0n) is 18.1. The number of nitrogens with two attached hydrogens (primary N) is 1. The molecular formula is C23H18ClF2N3O5S. The highest BCUT2D eigenvalue weighted by Crippen LogP contribution is 2.35. The smallest absolute Gasteiger partial charge is 0.264 e. The van der Waals surface area contributed by atoms with Gasteiger partial charge in [0.15, 0.2) is 11.5 Å². The molecule has 0 aromatic heterocycles. The minimum Gasteiger partial charge on any atom is -0.493 e. The van der Waals surface area contributed by atoms with Gasteiger partial charge in [0.05, 0.1) is 40.8 Å². The topological polar surface area (TPSA) is 132 Å². The summed E-state index contributed by atoms with van der Waals surface area (Å²) in [7, 11) is -2.56. The van der Waals surface area contributed by atoms with Crippen LogP contribution in [0.25, 0.3) is 0 Å². The minimum absolute atomic E-state index is 0.000907. The van der Waals surface area contributed by atoms with Crippen LogP contribution in [0.5, 0.6) is 17.2 Å². The Kier molecular flexibility index (Phi) is 7.91. The summed E-state index contributed by atoms with van der Waals surface area (Å²) in [6, 6.07) is 13.6. The number of primary sulfonamides is 1. The predicted octanol–water partition coefficient (Wildman–Crippen LogP) is 4.78. The fourth-order valence-corrected chi connectivity index (χ4v) is 3.90. The lowest BCUT2D eigenvalue weighted by Gasteiger charge is -2.14. The molecule has 0 saturated carbocycles. The molecule has 0 atom stereocenters. The Labute approximate surface area is 204 Å². The number of amides is 1. The number of benzene rings is 3. The van der Waals surface area contributed by atoms with Gasteiger partial charge >= 0.3 is 0 Å². The predicted molar refractivity (Wildman–Crippen MR) is 124 cm³/mol. The fourth-order valence-electron chi connectivity index (χ4n) is 3.06. The number of hydrogen-bond donors (Lipinski definition) is 2. The molecule has 0 radical (unpaired) electrons. The average molecular weight is 522 g/mol. The third-order valence-corrected chi connectivity index (χ3v) is 5.90. The summed E-state index contributed by atoms with van der Waals surface area (Å²) in [6.07, 6.45) is -2.93. The minimum atomic E-state index is -3.95. The van der Waals surface area contributed by atoms with Gasteiger partial charge in [-0.3, -0.25) is 4.79 Å². The molecule has 12 heteroatoms. The number of nitrogens with zero attached hydrogens (tertiary/aromatic N) is 1. The summed E-state index contributed by atoms with van der Waals surface area (Å²) in [4.78, 5) is 12.3. The quantitative estimate of drug-likeness (QED) is 0.438. The maximum absolute atomic E-state index is 13.2. The number of methoxy groups -OCH3 is 1. The second-order valence-electron chi connectivity index (χ2n) is 7.20. The maximum atomic E-state index is 13.2. The van der Waals surface area contributed by atoms with Crippen LogP contribution >= 0.6 is 11.6 Å². The van der Waals surface area contributed by atoms with E-state index in [0.717, 1.165) is 18.2 Å². The summed E-state index contributed by atoms with van der Waals surface area (Å²) >= 11 is 6.05. The molecule has 35 heavy (non-hydrogen) atoms. The Morgan fingerprint density at radius 2 is 1.89 bits per heavy atom. The van der Waals surface area contributed by atoms with Crippen molar-refractivity contribution in [2.75, 3.05) is 12.4 Å². The molecule has 3 aromatic rings. The Morgan fingerprint density at radius 3 is 2.49 bits per heavy atom. The molecule has 182 valence electrons. The highest BCUT2D eigenvalue weighted by molar-refractivity contribution is 7.89. The lowest BCUT2D eigenvalue weighted by molar-refractivity contribution is -0.115. The standard InChI is InChI=1S/C23H18ClF2N3O5S/c1-33-20-5-2-13(8-21(20)34-16-7-14(12-27)6-15(10-16)23(25)26)9-22(30)29-19-4-3-17(11-18(19)24)35(28,31)32/h2-8,10-11,23H,9H2,1H3,(H,29,30)(H2,28,31,32). The summed E-state index contributed by atoms with van der Waals surface area (Å²) < 4.78 is 60.1. The average Bonchev–Trinajstić information content (AvgIpc) is 2.79. The van der Waals surface area contributed by atoms with Gasteiger partial charge < -0.3 is 14.8 Å². The van der Waals surface area contributed by atoms with Crippen LogP contribution in [-0.2, 0) is 21.2 Å². The Hall–Kier alpha value is -3.72. The lowest BCUT2D eigenvalue weighted by atomic mass is 10.1. The molecule has 0 fully saturated rings. The van der Waals surface area contributed by atoms with Gasteiger partial charge in [0.2, 0.25) is 15.9 Å². The van der Waals surface area contributed by atoms with Crippen molar-refractivity contribution in [2.24, 2.45) is 5.14 Å². The second-order valence-corrected chi connectivity index (χ2v) is 9.17. The number of sulfonamides is 1. The van der Waals surface area contributed by atoms with Crippen LogP contribution in [0.1, 0.15) is 23.1 Å². The number of ether oxygens (including phenoxy) is 2. The van der Waals surface area contributed by atoms with E-state index in [1.54, 1.807) is 12.1 Å². The lowest BCUT2D eigenvalue weighted by Crippen LogP contribution is -2.16. The van der Waals surface area contributed by atoms with Crippen molar-refractivity contribution in [3.8, 4) is 23.3 Å². The van der Waals surface area contributed by atoms with E-state index in [-0.39, 0.29) is 50.4 Å². The largest absolute Gasteiger partial charge is 0.493 e. The van der Waals surface area contributed by atoms with Gasteiger partial charge in [-0.05, 0) is 54.1 Å². The Bertz CT molecular complexity index is 1430. The number of halogens is 3. The van der Waals surface area contributed by atoms with Crippen LogP contribution < -0.4 is 19.9 Å². The number of carbonyl (C=O) groups is 1. The molecule has 1 amide bonds. The van der Waals surface area contributed by atoms with E-state index in [4.69, 9.17) is 31.5 Å². The summed E-state index contributed by atoms with van der Waals surface area (Å²) in [6.45, 7) is 0.